The minimum absolute atomic E-state index is 0.0623. The Kier molecular flexibility index (Phi) is 7.91. The first kappa shape index (κ1) is 27.4. The average molecular weight is 541 g/mol. The van der Waals surface area contributed by atoms with Crippen molar-refractivity contribution in [2.75, 3.05) is 23.8 Å². The molecule has 0 radical (unpaired) electrons. The average Bonchev–Trinajstić information content (AvgIpc) is 3.19. The van der Waals surface area contributed by atoms with Gasteiger partial charge in [-0.3, -0.25) is 4.79 Å². The van der Waals surface area contributed by atoms with Crippen LogP contribution in [-0.4, -0.2) is 38.5 Å². The number of nitrogens with one attached hydrogen (secondary N) is 1. The van der Waals surface area contributed by atoms with E-state index < -0.39 is 21.7 Å². The lowest BCUT2D eigenvalue weighted by Gasteiger charge is -2.27. The lowest BCUT2D eigenvalue weighted by molar-refractivity contribution is 0.0981. The number of benzene rings is 2. The number of ether oxygens (including phenoxy) is 1. The fourth-order valence-electron chi connectivity index (χ4n) is 4.37. The maximum absolute atomic E-state index is 14.5. The zero-order chi connectivity index (χ0) is 27.6. The van der Waals surface area contributed by atoms with Crippen LogP contribution in [0.2, 0.25) is 0 Å². The number of anilines is 2. The molecule has 3 N–H and O–H groups in total. The zero-order valence-electron chi connectivity index (χ0n) is 21.9. The summed E-state index contributed by atoms with van der Waals surface area (Å²) in [6.07, 6.45) is 0.892. The van der Waals surface area contributed by atoms with E-state index in [9.17, 15) is 17.6 Å². The second-order valence-corrected chi connectivity index (χ2v) is 11.8. The lowest BCUT2D eigenvalue weighted by atomic mass is 10.0. The third-order valence-electron chi connectivity index (χ3n) is 6.68. The highest BCUT2D eigenvalue weighted by Crippen LogP contribution is 2.33. The zero-order valence-corrected chi connectivity index (χ0v) is 22.8. The van der Waals surface area contributed by atoms with E-state index in [0.717, 1.165) is 6.42 Å². The van der Waals surface area contributed by atoms with Crippen LogP contribution in [0.25, 0.3) is 11.3 Å². The molecule has 2 heterocycles. The molecule has 3 aromatic rings. The Balaban J connectivity index is 1.73. The predicted octanol–water partition coefficient (Wildman–Crippen LogP) is 4.86. The van der Waals surface area contributed by atoms with Gasteiger partial charge in [-0.15, -0.1) is 0 Å². The molecule has 0 aliphatic carbocycles. The number of nitrogens with zero attached hydrogens (tertiary/aromatic N) is 2. The number of amides is 1. The number of carbonyl (C=O) groups is 1. The van der Waals surface area contributed by atoms with Crippen LogP contribution in [-0.2, 0) is 10.0 Å². The van der Waals surface area contributed by atoms with E-state index in [0.29, 0.717) is 41.9 Å². The largest absolute Gasteiger partial charge is 0.493 e. The van der Waals surface area contributed by atoms with Crippen LogP contribution in [0.3, 0.4) is 0 Å². The topological polar surface area (TPSA) is 115 Å². The molecule has 8 nitrogen and oxygen atoms in total. The van der Waals surface area contributed by atoms with Crippen molar-refractivity contribution in [2.45, 2.75) is 45.1 Å². The van der Waals surface area contributed by atoms with Crippen LogP contribution in [0.1, 0.15) is 44.5 Å². The Hall–Kier alpha value is -3.66. The van der Waals surface area contributed by atoms with E-state index >= 15 is 0 Å². The number of rotatable bonds is 8. The number of hydrogen-bond acceptors (Lipinski definition) is 7. The maximum atomic E-state index is 14.5. The number of nitrogens with two attached hydrogens (primary N) is 1. The standard InChI is InChI=1S/C28H33FN4O4S/c1-17(2)16-37-23-13-20(12-21(29)14-23)26-9-8-25(27(31-26)33-11-10-18(3)19(33)4)28(34)32-38(35,36)24-7-5-6-22(30)15-24/h5-9,12-15,17-19H,10-11,16,30H2,1-4H3,(H,32,34). The molecule has 1 fully saturated rings. The van der Waals surface area contributed by atoms with Crippen molar-refractivity contribution in [1.29, 1.82) is 0 Å². The van der Waals surface area contributed by atoms with Crippen molar-refractivity contribution < 1.29 is 22.3 Å². The first-order chi connectivity index (χ1) is 17.9. The third kappa shape index (κ3) is 6.07. The second kappa shape index (κ2) is 11.0. The number of hydrogen-bond donors (Lipinski definition) is 2. The molecule has 1 amide bonds. The highest BCUT2D eigenvalue weighted by Gasteiger charge is 2.32. The number of carbonyl (C=O) groups excluding carboxylic acids is 1. The lowest BCUT2D eigenvalue weighted by Crippen LogP contribution is -2.35. The second-order valence-electron chi connectivity index (χ2n) is 10.2. The molecule has 38 heavy (non-hydrogen) atoms. The van der Waals surface area contributed by atoms with Gasteiger partial charge in [-0.1, -0.05) is 26.8 Å². The summed E-state index contributed by atoms with van der Waals surface area (Å²) in [6.45, 7) is 9.24. The van der Waals surface area contributed by atoms with E-state index in [2.05, 4.69) is 11.6 Å². The van der Waals surface area contributed by atoms with Crippen molar-refractivity contribution in [1.82, 2.24) is 9.71 Å². The molecule has 1 aliphatic heterocycles. The Morgan fingerprint density at radius 1 is 1.18 bits per heavy atom. The number of pyridine rings is 1. The molecule has 202 valence electrons. The normalized spacial score (nSPS) is 17.6. The summed E-state index contributed by atoms with van der Waals surface area (Å²) >= 11 is 0. The van der Waals surface area contributed by atoms with Crippen molar-refractivity contribution in [2.24, 2.45) is 11.8 Å². The molecule has 10 heteroatoms. The first-order valence-corrected chi connectivity index (χ1v) is 14.1. The fourth-order valence-corrected chi connectivity index (χ4v) is 5.39. The van der Waals surface area contributed by atoms with E-state index in [-0.39, 0.29) is 28.1 Å². The predicted molar refractivity (Wildman–Crippen MR) is 146 cm³/mol. The SMILES string of the molecule is CC(C)COc1cc(F)cc(-c2ccc(C(=O)NS(=O)(=O)c3cccc(N)c3)c(N3CCC(C)C3C)n2)c1. The van der Waals surface area contributed by atoms with Crippen LogP contribution < -0.4 is 20.1 Å². The summed E-state index contributed by atoms with van der Waals surface area (Å²) < 4.78 is 48.2. The fraction of sp³-hybridized carbons (Fsp3) is 0.357. The van der Waals surface area contributed by atoms with Gasteiger partial charge in [0.2, 0.25) is 0 Å². The van der Waals surface area contributed by atoms with Gasteiger partial charge < -0.3 is 15.4 Å². The van der Waals surface area contributed by atoms with Gasteiger partial charge in [0.15, 0.2) is 0 Å². The minimum Gasteiger partial charge on any atom is -0.493 e. The highest BCUT2D eigenvalue weighted by molar-refractivity contribution is 7.90. The van der Waals surface area contributed by atoms with Crippen LogP contribution in [0.15, 0.2) is 59.5 Å². The van der Waals surface area contributed by atoms with E-state index in [1.807, 2.05) is 25.7 Å². The number of halogens is 1. The Morgan fingerprint density at radius 2 is 1.95 bits per heavy atom. The molecule has 4 rings (SSSR count). The van der Waals surface area contributed by atoms with Gasteiger partial charge in [0.25, 0.3) is 15.9 Å². The highest BCUT2D eigenvalue weighted by atomic mass is 32.2. The molecule has 2 atom stereocenters. The van der Waals surface area contributed by atoms with Crippen molar-refractivity contribution in [3.05, 3.63) is 66.0 Å². The Bertz CT molecular complexity index is 1440. The van der Waals surface area contributed by atoms with Crippen LogP contribution >= 0.6 is 0 Å². The number of aromatic nitrogens is 1. The van der Waals surface area contributed by atoms with E-state index in [1.165, 1.54) is 36.4 Å². The third-order valence-corrected chi connectivity index (χ3v) is 8.01. The summed E-state index contributed by atoms with van der Waals surface area (Å²) in [4.78, 5) is 19.9. The van der Waals surface area contributed by atoms with Crippen LogP contribution in [0.5, 0.6) is 5.75 Å². The summed E-state index contributed by atoms with van der Waals surface area (Å²) in [5.74, 6) is 0.0594. The molecule has 0 spiro atoms. The quantitative estimate of drug-likeness (QED) is 0.392. The van der Waals surface area contributed by atoms with E-state index in [1.54, 1.807) is 18.2 Å². The molecule has 1 aromatic heterocycles. The Labute approximate surface area is 223 Å². The van der Waals surface area contributed by atoms with E-state index in [4.69, 9.17) is 15.5 Å². The van der Waals surface area contributed by atoms with Crippen LogP contribution in [0, 0.1) is 17.7 Å². The van der Waals surface area contributed by atoms with Gasteiger partial charge in [-0.05, 0) is 67.6 Å². The van der Waals surface area contributed by atoms with Crippen LogP contribution in [0.4, 0.5) is 15.9 Å². The van der Waals surface area contributed by atoms with Crippen molar-refractivity contribution in [3.8, 4) is 17.0 Å². The van der Waals surface area contributed by atoms with Gasteiger partial charge >= 0.3 is 0 Å². The molecular formula is C28H33FN4O4S. The molecule has 1 aliphatic rings. The minimum atomic E-state index is -4.17. The van der Waals surface area contributed by atoms with Crippen molar-refractivity contribution >= 4 is 27.4 Å². The maximum Gasteiger partial charge on any atom is 0.268 e. The molecule has 2 aromatic carbocycles. The monoisotopic (exact) mass is 540 g/mol. The molecule has 2 unspecified atom stereocenters. The summed E-state index contributed by atoms with van der Waals surface area (Å²) in [6, 6.07) is 13.3. The van der Waals surface area contributed by atoms with Gasteiger partial charge in [0.1, 0.15) is 17.4 Å². The van der Waals surface area contributed by atoms with Gasteiger partial charge in [0.05, 0.1) is 22.8 Å². The summed E-state index contributed by atoms with van der Waals surface area (Å²) in [7, 11) is -4.17. The number of sulfonamides is 1. The Morgan fingerprint density at radius 3 is 2.61 bits per heavy atom. The molecular weight excluding hydrogens is 507 g/mol. The van der Waals surface area contributed by atoms with Gasteiger partial charge in [0, 0.05) is 29.9 Å². The van der Waals surface area contributed by atoms with Crippen molar-refractivity contribution in [3.63, 3.8) is 0 Å². The van der Waals surface area contributed by atoms with Gasteiger partial charge in [-0.2, -0.15) is 0 Å². The molecule has 0 saturated carbocycles. The summed E-state index contributed by atoms with van der Waals surface area (Å²) in [5.41, 5.74) is 7.03. The molecule has 0 bridgehead atoms. The summed E-state index contributed by atoms with van der Waals surface area (Å²) in [5, 5.41) is 0. The smallest absolute Gasteiger partial charge is 0.268 e. The molecule has 1 saturated heterocycles. The van der Waals surface area contributed by atoms with Gasteiger partial charge in [-0.25, -0.2) is 22.5 Å². The number of nitrogen functional groups attached to an aromatic ring is 1. The first-order valence-electron chi connectivity index (χ1n) is 12.6.